The van der Waals surface area contributed by atoms with Crippen LogP contribution in [0.2, 0.25) is 0 Å². The van der Waals surface area contributed by atoms with Gasteiger partial charge in [0.05, 0.1) is 18.5 Å². The molecule has 0 aliphatic carbocycles. The lowest BCUT2D eigenvalue weighted by Crippen LogP contribution is -2.38. The molecule has 0 unspecified atom stereocenters. The van der Waals surface area contributed by atoms with E-state index in [0.29, 0.717) is 18.7 Å². The summed E-state index contributed by atoms with van der Waals surface area (Å²) in [6.45, 7) is 4.29. The Morgan fingerprint density at radius 3 is 2.57 bits per heavy atom. The normalized spacial score (nSPS) is 11.2. The maximum atomic E-state index is 12.0. The molecular weight excluding hydrogens is 356 g/mol. The van der Waals surface area contributed by atoms with E-state index in [4.69, 9.17) is 0 Å². The molecule has 0 bridgehead atoms. The molecular formula is C14H21BrN2O3S. The van der Waals surface area contributed by atoms with Crippen molar-refractivity contribution in [1.29, 1.82) is 0 Å². The van der Waals surface area contributed by atoms with E-state index in [9.17, 15) is 13.2 Å². The van der Waals surface area contributed by atoms with Crippen molar-refractivity contribution in [3.05, 3.63) is 28.2 Å². The van der Waals surface area contributed by atoms with Crippen LogP contribution in [-0.2, 0) is 14.8 Å². The van der Waals surface area contributed by atoms with Crippen LogP contribution in [-0.4, -0.2) is 33.7 Å². The Kier molecular flexibility index (Phi) is 6.67. The van der Waals surface area contributed by atoms with Gasteiger partial charge in [0.15, 0.2) is 0 Å². The molecule has 7 heteroatoms. The number of carbonyl (C=O) groups is 1. The first kappa shape index (κ1) is 18.0. The lowest BCUT2D eigenvalue weighted by Gasteiger charge is -2.24. The zero-order chi connectivity index (χ0) is 16.0. The third-order valence-corrected chi connectivity index (χ3v) is 4.62. The van der Waals surface area contributed by atoms with Crippen LogP contribution in [0.25, 0.3) is 0 Å². The van der Waals surface area contributed by atoms with Crippen LogP contribution in [0.3, 0.4) is 0 Å². The van der Waals surface area contributed by atoms with E-state index in [0.717, 1.165) is 16.5 Å². The van der Waals surface area contributed by atoms with Crippen LogP contribution in [0.5, 0.6) is 0 Å². The molecule has 0 spiro atoms. The van der Waals surface area contributed by atoms with Crippen molar-refractivity contribution in [2.75, 3.05) is 23.7 Å². The van der Waals surface area contributed by atoms with E-state index in [1.807, 2.05) is 19.9 Å². The number of hydrogen-bond donors (Lipinski definition) is 1. The van der Waals surface area contributed by atoms with Crippen molar-refractivity contribution in [2.45, 2.75) is 26.7 Å². The molecule has 1 aromatic carbocycles. The van der Waals surface area contributed by atoms with E-state index < -0.39 is 10.0 Å². The lowest BCUT2D eigenvalue weighted by atomic mass is 10.2. The molecule has 0 heterocycles. The summed E-state index contributed by atoms with van der Waals surface area (Å²) < 4.78 is 26.2. The lowest BCUT2D eigenvalue weighted by molar-refractivity contribution is -0.121. The second-order valence-electron chi connectivity index (χ2n) is 4.87. The van der Waals surface area contributed by atoms with Crippen LogP contribution in [0.15, 0.2) is 22.7 Å². The van der Waals surface area contributed by atoms with Crippen molar-refractivity contribution in [1.82, 2.24) is 5.32 Å². The molecule has 0 aliphatic heterocycles. The van der Waals surface area contributed by atoms with Gasteiger partial charge in [-0.3, -0.25) is 9.10 Å². The monoisotopic (exact) mass is 376 g/mol. The first-order valence-corrected chi connectivity index (χ1v) is 9.40. The smallest absolute Gasteiger partial charge is 0.232 e. The highest BCUT2D eigenvalue weighted by atomic mass is 79.9. The summed E-state index contributed by atoms with van der Waals surface area (Å²) in [5, 5.41) is 2.73. The molecule has 0 atom stereocenters. The Labute approximate surface area is 134 Å². The zero-order valence-electron chi connectivity index (χ0n) is 12.5. The molecule has 21 heavy (non-hydrogen) atoms. The number of halogens is 1. The molecule has 1 aromatic rings. The Bertz CT molecular complexity index is 602. The minimum atomic E-state index is -3.40. The molecule has 0 aromatic heterocycles. The quantitative estimate of drug-likeness (QED) is 0.794. The number of hydrogen-bond acceptors (Lipinski definition) is 3. The molecule has 0 radical (unpaired) electrons. The fourth-order valence-electron chi connectivity index (χ4n) is 1.98. The zero-order valence-corrected chi connectivity index (χ0v) is 14.9. The molecule has 1 N–H and O–H groups in total. The minimum absolute atomic E-state index is 0.0570. The summed E-state index contributed by atoms with van der Waals surface area (Å²) in [7, 11) is -3.40. The molecule has 1 amide bonds. The number of rotatable bonds is 7. The summed E-state index contributed by atoms with van der Waals surface area (Å²) in [5.41, 5.74) is 1.49. The molecule has 0 aliphatic rings. The molecule has 5 nitrogen and oxygen atoms in total. The van der Waals surface area contributed by atoms with E-state index in [1.165, 1.54) is 10.6 Å². The van der Waals surface area contributed by atoms with Gasteiger partial charge in [-0.25, -0.2) is 8.42 Å². The van der Waals surface area contributed by atoms with Gasteiger partial charge in [0.1, 0.15) is 0 Å². The molecule has 118 valence electrons. The number of benzene rings is 1. The number of amides is 1. The van der Waals surface area contributed by atoms with Crippen molar-refractivity contribution in [3.8, 4) is 0 Å². The first-order chi connectivity index (χ1) is 9.75. The minimum Gasteiger partial charge on any atom is -0.354 e. The average molecular weight is 377 g/mol. The van der Waals surface area contributed by atoms with Gasteiger partial charge in [0.2, 0.25) is 15.9 Å². The third-order valence-electron chi connectivity index (χ3n) is 2.94. The van der Waals surface area contributed by atoms with Gasteiger partial charge in [0.25, 0.3) is 0 Å². The number of nitrogens with one attached hydrogen (secondary N) is 1. The first-order valence-electron chi connectivity index (χ1n) is 6.76. The van der Waals surface area contributed by atoms with Crippen molar-refractivity contribution in [3.63, 3.8) is 0 Å². The number of carbonyl (C=O) groups excluding carboxylic acids is 1. The van der Waals surface area contributed by atoms with Crippen molar-refractivity contribution in [2.24, 2.45) is 0 Å². The maximum Gasteiger partial charge on any atom is 0.232 e. The maximum absolute atomic E-state index is 12.0. The van der Waals surface area contributed by atoms with Gasteiger partial charge in [0, 0.05) is 17.4 Å². The van der Waals surface area contributed by atoms with E-state index in [-0.39, 0.29) is 12.5 Å². The van der Waals surface area contributed by atoms with Crippen LogP contribution in [0.1, 0.15) is 25.3 Å². The van der Waals surface area contributed by atoms with Crippen LogP contribution in [0.4, 0.5) is 5.69 Å². The van der Waals surface area contributed by atoms with E-state index in [2.05, 4.69) is 21.2 Å². The summed E-state index contributed by atoms with van der Waals surface area (Å²) in [6, 6.07) is 5.42. The van der Waals surface area contributed by atoms with Gasteiger partial charge < -0.3 is 5.32 Å². The SMILES string of the molecule is CCCC(=O)NCCN(c1ccc(Br)cc1C)S(C)(=O)=O. The van der Waals surface area contributed by atoms with E-state index in [1.54, 1.807) is 12.1 Å². The summed E-state index contributed by atoms with van der Waals surface area (Å²) in [4.78, 5) is 11.4. The van der Waals surface area contributed by atoms with Crippen LogP contribution < -0.4 is 9.62 Å². The number of sulfonamides is 1. The van der Waals surface area contributed by atoms with Crippen molar-refractivity contribution < 1.29 is 13.2 Å². The fraction of sp³-hybridized carbons (Fsp3) is 0.500. The second kappa shape index (κ2) is 7.79. The van der Waals surface area contributed by atoms with Gasteiger partial charge >= 0.3 is 0 Å². The average Bonchev–Trinajstić information content (AvgIpc) is 2.35. The standard InChI is InChI=1S/C14H21BrN2O3S/c1-4-5-14(18)16-8-9-17(21(3,19)20)13-7-6-12(15)10-11(13)2/h6-7,10H,4-5,8-9H2,1-3H3,(H,16,18). The number of nitrogens with zero attached hydrogens (tertiary/aromatic N) is 1. The van der Waals surface area contributed by atoms with Gasteiger partial charge in [-0.15, -0.1) is 0 Å². The topological polar surface area (TPSA) is 66.5 Å². The van der Waals surface area contributed by atoms with E-state index >= 15 is 0 Å². The Morgan fingerprint density at radius 1 is 1.38 bits per heavy atom. The molecule has 0 saturated heterocycles. The Morgan fingerprint density at radius 2 is 2.05 bits per heavy atom. The summed E-state index contributed by atoms with van der Waals surface area (Å²) in [5.74, 6) is -0.0570. The molecule has 0 saturated carbocycles. The van der Waals surface area contributed by atoms with Gasteiger partial charge in [-0.05, 0) is 37.1 Å². The highest BCUT2D eigenvalue weighted by molar-refractivity contribution is 9.10. The van der Waals surface area contributed by atoms with Crippen LogP contribution in [0, 0.1) is 6.92 Å². The predicted octanol–water partition coefficient (Wildman–Crippen LogP) is 2.44. The third kappa shape index (κ3) is 5.67. The highest BCUT2D eigenvalue weighted by Crippen LogP contribution is 2.25. The second-order valence-corrected chi connectivity index (χ2v) is 7.69. The summed E-state index contributed by atoms with van der Waals surface area (Å²) >= 11 is 3.36. The predicted molar refractivity (Wildman–Crippen MR) is 89.0 cm³/mol. The molecule has 1 rings (SSSR count). The van der Waals surface area contributed by atoms with Crippen molar-refractivity contribution >= 4 is 37.5 Å². The largest absolute Gasteiger partial charge is 0.354 e. The van der Waals surface area contributed by atoms with Crippen LogP contribution >= 0.6 is 15.9 Å². The Balaban J connectivity index is 2.85. The number of anilines is 1. The fourth-order valence-corrected chi connectivity index (χ4v) is 3.44. The summed E-state index contributed by atoms with van der Waals surface area (Å²) in [6.07, 6.45) is 2.39. The Hall–Kier alpha value is -1.08. The molecule has 0 fully saturated rings. The number of aryl methyl sites for hydroxylation is 1. The van der Waals surface area contributed by atoms with Gasteiger partial charge in [-0.1, -0.05) is 22.9 Å². The highest BCUT2D eigenvalue weighted by Gasteiger charge is 2.19. The van der Waals surface area contributed by atoms with Gasteiger partial charge in [-0.2, -0.15) is 0 Å².